The topological polar surface area (TPSA) is 35.5 Å². The molecule has 0 aliphatic heterocycles. The first kappa shape index (κ1) is 11.0. The lowest BCUT2D eigenvalue weighted by molar-refractivity contribution is -0.118. The van der Waals surface area contributed by atoms with Gasteiger partial charge >= 0.3 is 0 Å². The molecule has 2 atom stereocenters. The number of hydrogen-bond donors (Lipinski definition) is 0. The lowest BCUT2D eigenvalue weighted by Gasteiger charge is -2.09. The van der Waals surface area contributed by atoms with Gasteiger partial charge in [-0.15, -0.1) is 0 Å². The molecule has 86 valence electrons. The van der Waals surface area contributed by atoms with E-state index in [4.69, 9.17) is 9.47 Å². The second-order valence-electron chi connectivity index (χ2n) is 4.17. The van der Waals surface area contributed by atoms with E-state index in [1.165, 1.54) is 0 Å². The zero-order chi connectivity index (χ0) is 11.7. The van der Waals surface area contributed by atoms with Crippen molar-refractivity contribution in [1.29, 1.82) is 0 Å². The van der Waals surface area contributed by atoms with Gasteiger partial charge in [0.25, 0.3) is 0 Å². The Morgan fingerprint density at radius 2 is 2.06 bits per heavy atom. The van der Waals surface area contributed by atoms with Gasteiger partial charge in [0.15, 0.2) is 0 Å². The van der Waals surface area contributed by atoms with Gasteiger partial charge in [-0.1, -0.05) is 6.07 Å². The average molecular weight is 220 g/mol. The van der Waals surface area contributed by atoms with Gasteiger partial charge in [0.1, 0.15) is 17.3 Å². The molecule has 3 nitrogen and oxygen atoms in total. The molecule has 1 aromatic carbocycles. The van der Waals surface area contributed by atoms with Crippen molar-refractivity contribution < 1.29 is 14.3 Å². The van der Waals surface area contributed by atoms with E-state index in [0.717, 1.165) is 23.5 Å². The molecule has 0 bridgehead atoms. The van der Waals surface area contributed by atoms with Gasteiger partial charge in [-0.2, -0.15) is 0 Å². The number of carbonyl (C=O) groups is 1. The van der Waals surface area contributed by atoms with Gasteiger partial charge in [0, 0.05) is 12.0 Å². The summed E-state index contributed by atoms with van der Waals surface area (Å²) in [6.07, 6.45) is 0.942. The smallest absolute Gasteiger partial charge is 0.133 e. The molecule has 0 spiro atoms. The van der Waals surface area contributed by atoms with Crippen molar-refractivity contribution in [2.45, 2.75) is 19.3 Å². The van der Waals surface area contributed by atoms with Crippen LogP contribution in [0.4, 0.5) is 0 Å². The molecule has 16 heavy (non-hydrogen) atoms. The van der Waals surface area contributed by atoms with E-state index in [-0.39, 0.29) is 11.7 Å². The quantitative estimate of drug-likeness (QED) is 0.781. The van der Waals surface area contributed by atoms with Crippen LogP contribution in [0.15, 0.2) is 18.2 Å². The normalized spacial score (nSPS) is 22.7. The standard InChI is InChI=1S/C13H16O3/c1-8(14)11-7-12(11)10-5-4-9(15-2)6-13(10)16-3/h4-6,11-12H,7H2,1-3H3. The first-order valence-electron chi connectivity index (χ1n) is 5.39. The van der Waals surface area contributed by atoms with Crippen LogP contribution in [0.2, 0.25) is 0 Å². The molecule has 1 aliphatic carbocycles. The molecular weight excluding hydrogens is 204 g/mol. The van der Waals surface area contributed by atoms with Crippen molar-refractivity contribution >= 4 is 5.78 Å². The molecule has 0 heterocycles. The Morgan fingerprint density at radius 1 is 1.31 bits per heavy atom. The van der Waals surface area contributed by atoms with Crippen LogP contribution in [-0.4, -0.2) is 20.0 Å². The number of methoxy groups -OCH3 is 2. The third kappa shape index (κ3) is 1.90. The average Bonchev–Trinajstić information content (AvgIpc) is 3.08. The minimum atomic E-state index is 0.183. The molecule has 1 aromatic rings. The molecule has 0 amide bonds. The summed E-state index contributed by atoms with van der Waals surface area (Å²) in [7, 11) is 3.27. The minimum Gasteiger partial charge on any atom is -0.497 e. The van der Waals surface area contributed by atoms with Crippen LogP contribution in [0, 0.1) is 5.92 Å². The number of hydrogen-bond acceptors (Lipinski definition) is 3. The highest BCUT2D eigenvalue weighted by Crippen LogP contribution is 2.51. The molecule has 0 N–H and O–H groups in total. The Labute approximate surface area is 95.4 Å². The fourth-order valence-corrected chi connectivity index (χ4v) is 2.11. The zero-order valence-corrected chi connectivity index (χ0v) is 9.82. The molecule has 2 unspecified atom stereocenters. The third-order valence-electron chi connectivity index (χ3n) is 3.15. The SMILES string of the molecule is COc1ccc(C2CC2C(C)=O)c(OC)c1. The largest absolute Gasteiger partial charge is 0.497 e. The van der Waals surface area contributed by atoms with E-state index < -0.39 is 0 Å². The number of benzene rings is 1. The van der Waals surface area contributed by atoms with Crippen LogP contribution in [0.3, 0.4) is 0 Å². The maximum atomic E-state index is 11.2. The molecule has 3 heteroatoms. The van der Waals surface area contributed by atoms with E-state index in [1.807, 2.05) is 18.2 Å². The van der Waals surface area contributed by atoms with Crippen LogP contribution in [0.5, 0.6) is 11.5 Å². The molecule has 1 saturated carbocycles. The van der Waals surface area contributed by atoms with Crippen LogP contribution < -0.4 is 9.47 Å². The first-order chi connectivity index (χ1) is 7.67. The van der Waals surface area contributed by atoms with Crippen molar-refractivity contribution in [3.8, 4) is 11.5 Å². The van der Waals surface area contributed by atoms with Gasteiger partial charge in [0.2, 0.25) is 0 Å². The van der Waals surface area contributed by atoms with Crippen molar-refractivity contribution in [3.63, 3.8) is 0 Å². The molecule has 0 saturated heterocycles. The minimum absolute atomic E-state index is 0.183. The highest BCUT2D eigenvalue weighted by Gasteiger charge is 2.43. The molecule has 0 radical (unpaired) electrons. The lowest BCUT2D eigenvalue weighted by atomic mass is 10.1. The van der Waals surface area contributed by atoms with Crippen molar-refractivity contribution in [2.75, 3.05) is 14.2 Å². The fraction of sp³-hybridized carbons (Fsp3) is 0.462. The number of Topliss-reactive ketones (excluding diaryl/α,β-unsaturated/α-hetero) is 1. The second kappa shape index (κ2) is 4.16. The van der Waals surface area contributed by atoms with E-state index in [1.54, 1.807) is 21.1 Å². The predicted molar refractivity (Wildman–Crippen MR) is 61.1 cm³/mol. The number of carbonyl (C=O) groups excluding carboxylic acids is 1. The molecular formula is C13H16O3. The lowest BCUT2D eigenvalue weighted by Crippen LogP contribution is -1.97. The molecule has 1 aliphatic rings. The summed E-state index contributed by atoms with van der Waals surface area (Å²) in [5.74, 6) is 2.37. The van der Waals surface area contributed by atoms with Crippen LogP contribution >= 0.6 is 0 Å². The van der Waals surface area contributed by atoms with Gasteiger partial charge in [0.05, 0.1) is 14.2 Å². The van der Waals surface area contributed by atoms with Gasteiger partial charge in [-0.05, 0) is 30.9 Å². The fourth-order valence-electron chi connectivity index (χ4n) is 2.11. The summed E-state index contributed by atoms with van der Waals surface area (Å²) in [4.78, 5) is 11.2. The Kier molecular flexibility index (Phi) is 2.86. The van der Waals surface area contributed by atoms with Crippen molar-refractivity contribution in [1.82, 2.24) is 0 Å². The monoisotopic (exact) mass is 220 g/mol. The highest BCUT2D eigenvalue weighted by molar-refractivity contribution is 5.82. The third-order valence-corrected chi connectivity index (χ3v) is 3.15. The van der Waals surface area contributed by atoms with Crippen molar-refractivity contribution in [3.05, 3.63) is 23.8 Å². The predicted octanol–water partition coefficient (Wildman–Crippen LogP) is 2.40. The second-order valence-corrected chi connectivity index (χ2v) is 4.17. The Bertz CT molecular complexity index is 412. The van der Waals surface area contributed by atoms with Gasteiger partial charge in [-0.3, -0.25) is 4.79 Å². The Hall–Kier alpha value is -1.51. The Balaban J connectivity index is 2.25. The summed E-state index contributed by atoms with van der Waals surface area (Å²) in [5.41, 5.74) is 1.11. The summed E-state index contributed by atoms with van der Waals surface area (Å²) in [5, 5.41) is 0. The number of ketones is 1. The van der Waals surface area contributed by atoms with Crippen LogP contribution in [0.1, 0.15) is 24.8 Å². The maximum absolute atomic E-state index is 11.2. The van der Waals surface area contributed by atoms with E-state index in [2.05, 4.69) is 0 Å². The molecule has 1 fully saturated rings. The Morgan fingerprint density at radius 3 is 2.56 bits per heavy atom. The van der Waals surface area contributed by atoms with E-state index >= 15 is 0 Å². The summed E-state index contributed by atoms with van der Waals surface area (Å²) in [6, 6.07) is 5.77. The summed E-state index contributed by atoms with van der Waals surface area (Å²) in [6.45, 7) is 1.65. The van der Waals surface area contributed by atoms with Crippen LogP contribution in [0.25, 0.3) is 0 Å². The van der Waals surface area contributed by atoms with E-state index in [9.17, 15) is 4.79 Å². The maximum Gasteiger partial charge on any atom is 0.133 e. The number of rotatable bonds is 4. The summed E-state index contributed by atoms with van der Waals surface area (Å²) >= 11 is 0. The van der Waals surface area contributed by atoms with Gasteiger partial charge < -0.3 is 9.47 Å². The van der Waals surface area contributed by atoms with E-state index in [0.29, 0.717) is 5.92 Å². The molecule has 2 rings (SSSR count). The van der Waals surface area contributed by atoms with Crippen LogP contribution in [-0.2, 0) is 4.79 Å². The molecule has 0 aromatic heterocycles. The number of ether oxygens (including phenoxy) is 2. The van der Waals surface area contributed by atoms with Crippen molar-refractivity contribution in [2.24, 2.45) is 5.92 Å². The first-order valence-corrected chi connectivity index (χ1v) is 5.39. The highest BCUT2D eigenvalue weighted by atomic mass is 16.5. The van der Waals surface area contributed by atoms with Gasteiger partial charge in [-0.25, -0.2) is 0 Å². The summed E-state index contributed by atoms with van der Waals surface area (Å²) < 4.78 is 10.5. The zero-order valence-electron chi connectivity index (χ0n) is 9.82.